The zero-order chi connectivity index (χ0) is 13.2. The summed E-state index contributed by atoms with van der Waals surface area (Å²) in [4.78, 5) is 0. The predicted octanol–water partition coefficient (Wildman–Crippen LogP) is 2.85. The number of hydrogen-bond acceptors (Lipinski definition) is 3. The van der Waals surface area contributed by atoms with Crippen LogP contribution in [0.2, 0.25) is 0 Å². The highest BCUT2D eigenvalue weighted by atomic mass is 16.5. The minimum atomic E-state index is 0.297. The third kappa shape index (κ3) is 2.35. The molecular formula is C15H19N3O. The van der Waals surface area contributed by atoms with E-state index in [1.54, 1.807) is 0 Å². The minimum Gasteiger partial charge on any atom is -0.493 e. The number of para-hydroxylation sites is 1. The lowest BCUT2D eigenvalue weighted by Crippen LogP contribution is -2.19. The molecule has 0 aliphatic carbocycles. The highest BCUT2D eigenvalue weighted by molar-refractivity contribution is 5.40. The predicted molar refractivity (Wildman–Crippen MR) is 73.3 cm³/mol. The molecule has 1 atom stereocenters. The summed E-state index contributed by atoms with van der Waals surface area (Å²) < 4.78 is 7.89. The maximum Gasteiger partial charge on any atom is 0.140 e. The Kier molecular flexibility index (Phi) is 3.23. The molecule has 1 aromatic carbocycles. The van der Waals surface area contributed by atoms with Crippen LogP contribution in [0.4, 0.5) is 0 Å². The first-order valence-electron chi connectivity index (χ1n) is 6.85. The van der Waals surface area contributed by atoms with Gasteiger partial charge in [0.2, 0.25) is 0 Å². The molecule has 1 unspecified atom stereocenters. The third-order valence-electron chi connectivity index (χ3n) is 3.48. The maximum atomic E-state index is 5.72. The number of aromatic nitrogens is 3. The van der Waals surface area contributed by atoms with Gasteiger partial charge >= 0.3 is 0 Å². The van der Waals surface area contributed by atoms with Crippen LogP contribution in [0.1, 0.15) is 37.6 Å². The number of ether oxygens (including phenoxy) is 1. The van der Waals surface area contributed by atoms with Crippen molar-refractivity contribution in [1.82, 2.24) is 14.8 Å². The summed E-state index contributed by atoms with van der Waals surface area (Å²) in [5, 5.41) is 8.44. The summed E-state index contributed by atoms with van der Waals surface area (Å²) in [5.74, 6) is 2.93. The monoisotopic (exact) mass is 257 g/mol. The van der Waals surface area contributed by atoms with Crippen molar-refractivity contribution in [2.24, 2.45) is 5.92 Å². The van der Waals surface area contributed by atoms with Crippen LogP contribution in [-0.4, -0.2) is 21.4 Å². The average molecular weight is 257 g/mol. The van der Waals surface area contributed by atoms with Gasteiger partial charge in [0.05, 0.1) is 12.5 Å². The second-order valence-electron chi connectivity index (χ2n) is 5.46. The van der Waals surface area contributed by atoms with Gasteiger partial charge in [-0.05, 0) is 18.4 Å². The van der Waals surface area contributed by atoms with Crippen LogP contribution < -0.4 is 4.74 Å². The topological polar surface area (TPSA) is 39.9 Å². The average Bonchev–Trinajstić information content (AvgIpc) is 2.85. The van der Waals surface area contributed by atoms with Gasteiger partial charge in [-0.25, -0.2) is 0 Å². The van der Waals surface area contributed by atoms with E-state index in [1.165, 1.54) is 5.56 Å². The van der Waals surface area contributed by atoms with E-state index >= 15 is 0 Å². The van der Waals surface area contributed by atoms with E-state index < -0.39 is 0 Å². The zero-order valence-electron chi connectivity index (χ0n) is 11.4. The number of nitrogens with zero attached hydrogens (tertiary/aromatic N) is 3. The Bertz CT molecular complexity index is 562. The molecule has 19 heavy (non-hydrogen) atoms. The third-order valence-corrected chi connectivity index (χ3v) is 3.48. The lowest BCUT2D eigenvalue weighted by Gasteiger charge is -2.25. The number of benzene rings is 1. The minimum absolute atomic E-state index is 0.297. The molecule has 1 aliphatic rings. The van der Waals surface area contributed by atoms with Crippen molar-refractivity contribution in [3.05, 3.63) is 42.0 Å². The fourth-order valence-corrected chi connectivity index (χ4v) is 2.68. The standard InChI is InChI=1S/C15H19N3O/c1-11(2)9-18-10-16-17-15(18)13-7-8-19-14-6-4-3-5-12(13)14/h3-6,10-11,13H,7-9H2,1-2H3. The van der Waals surface area contributed by atoms with Crippen molar-refractivity contribution in [2.75, 3.05) is 6.61 Å². The number of hydrogen-bond donors (Lipinski definition) is 0. The molecule has 0 saturated carbocycles. The molecule has 4 heteroatoms. The van der Waals surface area contributed by atoms with Gasteiger partial charge in [0.15, 0.2) is 0 Å². The molecule has 0 amide bonds. The van der Waals surface area contributed by atoms with E-state index in [4.69, 9.17) is 4.74 Å². The first kappa shape index (κ1) is 12.2. The molecular weight excluding hydrogens is 238 g/mol. The first-order valence-corrected chi connectivity index (χ1v) is 6.85. The second-order valence-corrected chi connectivity index (χ2v) is 5.46. The molecule has 2 heterocycles. The Morgan fingerprint density at radius 3 is 3.05 bits per heavy atom. The maximum absolute atomic E-state index is 5.72. The molecule has 100 valence electrons. The summed E-state index contributed by atoms with van der Waals surface area (Å²) in [5.41, 5.74) is 1.23. The quantitative estimate of drug-likeness (QED) is 0.849. The van der Waals surface area contributed by atoms with Gasteiger partial charge in [0.25, 0.3) is 0 Å². The zero-order valence-corrected chi connectivity index (χ0v) is 11.4. The van der Waals surface area contributed by atoms with Crippen LogP contribution in [0.5, 0.6) is 5.75 Å². The Hall–Kier alpha value is -1.84. The Balaban J connectivity index is 1.98. The van der Waals surface area contributed by atoms with E-state index in [0.717, 1.165) is 31.1 Å². The molecule has 0 saturated heterocycles. The normalized spacial score (nSPS) is 18.2. The smallest absolute Gasteiger partial charge is 0.140 e. The van der Waals surface area contributed by atoms with E-state index in [1.807, 2.05) is 18.5 Å². The lowest BCUT2D eigenvalue weighted by atomic mass is 9.92. The SMILES string of the molecule is CC(C)Cn1cnnc1C1CCOc2ccccc21. The van der Waals surface area contributed by atoms with Crippen LogP contribution in [0, 0.1) is 5.92 Å². The second kappa shape index (κ2) is 5.03. The van der Waals surface area contributed by atoms with Crippen LogP contribution in [0.15, 0.2) is 30.6 Å². The van der Waals surface area contributed by atoms with Gasteiger partial charge < -0.3 is 9.30 Å². The summed E-state index contributed by atoms with van der Waals surface area (Å²) in [6, 6.07) is 8.24. The Labute approximate surface area is 113 Å². The van der Waals surface area contributed by atoms with Crippen LogP contribution in [-0.2, 0) is 6.54 Å². The Morgan fingerprint density at radius 2 is 2.21 bits per heavy atom. The van der Waals surface area contributed by atoms with Gasteiger partial charge in [-0.15, -0.1) is 10.2 Å². The molecule has 3 rings (SSSR count). The fourth-order valence-electron chi connectivity index (χ4n) is 2.68. The van der Waals surface area contributed by atoms with Gasteiger partial charge in [-0.3, -0.25) is 0 Å². The fraction of sp³-hybridized carbons (Fsp3) is 0.467. The van der Waals surface area contributed by atoms with E-state index in [2.05, 4.69) is 40.7 Å². The van der Waals surface area contributed by atoms with Crippen molar-refractivity contribution in [3.8, 4) is 5.75 Å². The van der Waals surface area contributed by atoms with Crippen molar-refractivity contribution >= 4 is 0 Å². The van der Waals surface area contributed by atoms with Crippen molar-refractivity contribution in [1.29, 1.82) is 0 Å². The number of fused-ring (bicyclic) bond motifs is 1. The lowest BCUT2D eigenvalue weighted by molar-refractivity contribution is 0.272. The Morgan fingerprint density at radius 1 is 1.37 bits per heavy atom. The highest BCUT2D eigenvalue weighted by Gasteiger charge is 2.26. The largest absolute Gasteiger partial charge is 0.493 e. The van der Waals surface area contributed by atoms with E-state index in [-0.39, 0.29) is 0 Å². The molecule has 4 nitrogen and oxygen atoms in total. The summed E-state index contributed by atoms with van der Waals surface area (Å²) in [6.45, 7) is 6.13. The van der Waals surface area contributed by atoms with Gasteiger partial charge in [-0.2, -0.15) is 0 Å². The molecule has 1 aromatic heterocycles. The van der Waals surface area contributed by atoms with E-state index in [9.17, 15) is 0 Å². The molecule has 2 aromatic rings. The van der Waals surface area contributed by atoms with Crippen molar-refractivity contribution in [2.45, 2.75) is 32.7 Å². The van der Waals surface area contributed by atoms with Crippen LogP contribution >= 0.6 is 0 Å². The highest BCUT2D eigenvalue weighted by Crippen LogP contribution is 2.36. The number of rotatable bonds is 3. The van der Waals surface area contributed by atoms with Gasteiger partial charge in [-0.1, -0.05) is 32.0 Å². The van der Waals surface area contributed by atoms with Crippen molar-refractivity contribution in [3.63, 3.8) is 0 Å². The summed E-state index contributed by atoms with van der Waals surface area (Å²) in [6.07, 6.45) is 2.81. The molecule has 0 N–H and O–H groups in total. The van der Waals surface area contributed by atoms with Crippen molar-refractivity contribution < 1.29 is 4.74 Å². The van der Waals surface area contributed by atoms with Gasteiger partial charge in [0.1, 0.15) is 17.9 Å². The molecule has 0 bridgehead atoms. The summed E-state index contributed by atoms with van der Waals surface area (Å²) in [7, 11) is 0. The van der Waals surface area contributed by atoms with E-state index in [0.29, 0.717) is 11.8 Å². The molecule has 0 spiro atoms. The first-order chi connectivity index (χ1) is 9.25. The molecule has 0 radical (unpaired) electrons. The summed E-state index contributed by atoms with van der Waals surface area (Å²) >= 11 is 0. The van der Waals surface area contributed by atoms with Crippen LogP contribution in [0.25, 0.3) is 0 Å². The molecule has 0 fully saturated rings. The van der Waals surface area contributed by atoms with Gasteiger partial charge in [0, 0.05) is 12.1 Å². The molecule has 1 aliphatic heterocycles. The van der Waals surface area contributed by atoms with Crippen LogP contribution in [0.3, 0.4) is 0 Å².